The van der Waals surface area contributed by atoms with Crippen LogP contribution < -0.4 is 10.1 Å². The number of aryl methyl sites for hydroxylation is 1. The minimum Gasteiger partial charge on any atom is -0.482 e. The fourth-order valence-corrected chi connectivity index (χ4v) is 2.58. The average Bonchev–Trinajstić information content (AvgIpc) is 3.15. The summed E-state index contributed by atoms with van der Waals surface area (Å²) >= 11 is 0. The molecule has 0 aromatic carbocycles. The van der Waals surface area contributed by atoms with Gasteiger partial charge in [-0.1, -0.05) is 0 Å². The first-order valence-electron chi connectivity index (χ1n) is 7.83. The number of carbonyl (C=O) groups excluding carboxylic acids is 1. The van der Waals surface area contributed by atoms with E-state index < -0.39 is 0 Å². The Morgan fingerprint density at radius 3 is 2.86 bits per heavy atom. The smallest absolute Gasteiger partial charge is 0.260 e. The molecule has 114 valence electrons. The molecule has 0 atom stereocenters. The number of pyridine rings is 1. The van der Waals surface area contributed by atoms with Gasteiger partial charge in [0.05, 0.1) is 5.69 Å². The number of amides is 1. The standard InChI is InChI=1S/C16H23N3O2/c1-12-4-7-15(14(18-12)10-17-13-5-6-13)21-11-16(20)19-8-2-3-9-19/h4,7,13,17H,2-3,5-6,8-11H2,1H3. The summed E-state index contributed by atoms with van der Waals surface area (Å²) < 4.78 is 5.73. The van der Waals surface area contributed by atoms with Crippen LogP contribution in [0.1, 0.15) is 37.1 Å². The zero-order valence-electron chi connectivity index (χ0n) is 12.6. The van der Waals surface area contributed by atoms with E-state index in [2.05, 4.69) is 10.3 Å². The minimum atomic E-state index is 0.0779. The molecule has 1 aliphatic heterocycles. The zero-order chi connectivity index (χ0) is 14.7. The van der Waals surface area contributed by atoms with E-state index in [1.165, 1.54) is 12.8 Å². The summed E-state index contributed by atoms with van der Waals surface area (Å²) in [4.78, 5) is 18.5. The number of nitrogens with one attached hydrogen (secondary N) is 1. The van der Waals surface area contributed by atoms with Gasteiger partial charge in [-0.25, -0.2) is 0 Å². The van der Waals surface area contributed by atoms with E-state index in [0.717, 1.165) is 43.1 Å². The Morgan fingerprint density at radius 2 is 2.14 bits per heavy atom. The van der Waals surface area contributed by atoms with E-state index in [1.807, 2.05) is 24.0 Å². The molecule has 0 bridgehead atoms. The van der Waals surface area contributed by atoms with Gasteiger partial charge in [-0.05, 0) is 44.7 Å². The van der Waals surface area contributed by atoms with Crippen LogP contribution in [0.3, 0.4) is 0 Å². The maximum Gasteiger partial charge on any atom is 0.260 e. The number of carbonyl (C=O) groups is 1. The highest BCUT2D eigenvalue weighted by Gasteiger charge is 2.22. The maximum atomic E-state index is 12.0. The quantitative estimate of drug-likeness (QED) is 0.865. The van der Waals surface area contributed by atoms with Crippen LogP contribution in [0.5, 0.6) is 5.75 Å². The van der Waals surface area contributed by atoms with Crippen LogP contribution in [0, 0.1) is 6.92 Å². The Morgan fingerprint density at radius 1 is 1.38 bits per heavy atom. The van der Waals surface area contributed by atoms with Crippen LogP contribution in [0.2, 0.25) is 0 Å². The van der Waals surface area contributed by atoms with E-state index >= 15 is 0 Å². The van der Waals surface area contributed by atoms with Gasteiger partial charge in [0.25, 0.3) is 5.91 Å². The largest absolute Gasteiger partial charge is 0.482 e. The van der Waals surface area contributed by atoms with E-state index in [4.69, 9.17) is 4.74 Å². The molecule has 0 radical (unpaired) electrons. The lowest BCUT2D eigenvalue weighted by Crippen LogP contribution is -2.32. The fourth-order valence-electron chi connectivity index (χ4n) is 2.58. The summed E-state index contributed by atoms with van der Waals surface area (Å²) in [7, 11) is 0. The second kappa shape index (κ2) is 6.43. The number of nitrogens with zero attached hydrogens (tertiary/aromatic N) is 2. The lowest BCUT2D eigenvalue weighted by Gasteiger charge is -2.17. The van der Waals surface area contributed by atoms with Gasteiger partial charge < -0.3 is 15.0 Å². The van der Waals surface area contributed by atoms with Crippen molar-refractivity contribution in [3.8, 4) is 5.75 Å². The molecule has 1 amide bonds. The van der Waals surface area contributed by atoms with Crippen molar-refractivity contribution in [2.75, 3.05) is 19.7 Å². The molecule has 5 heteroatoms. The highest BCUT2D eigenvalue weighted by atomic mass is 16.5. The first-order chi connectivity index (χ1) is 10.2. The highest BCUT2D eigenvalue weighted by Crippen LogP contribution is 2.22. The van der Waals surface area contributed by atoms with E-state index in [0.29, 0.717) is 12.6 Å². The number of likely N-dealkylation sites (tertiary alicyclic amines) is 1. The van der Waals surface area contributed by atoms with Crippen LogP contribution in [0.15, 0.2) is 12.1 Å². The summed E-state index contributed by atoms with van der Waals surface area (Å²) in [6.07, 6.45) is 4.70. The van der Waals surface area contributed by atoms with Gasteiger partial charge in [0.15, 0.2) is 6.61 Å². The second-order valence-electron chi connectivity index (χ2n) is 5.93. The van der Waals surface area contributed by atoms with Crippen molar-refractivity contribution in [2.45, 2.75) is 45.2 Å². The average molecular weight is 289 g/mol. The number of aromatic nitrogens is 1. The van der Waals surface area contributed by atoms with Crippen molar-refractivity contribution in [3.63, 3.8) is 0 Å². The lowest BCUT2D eigenvalue weighted by molar-refractivity contribution is -0.132. The highest BCUT2D eigenvalue weighted by molar-refractivity contribution is 5.78. The molecule has 5 nitrogen and oxygen atoms in total. The molecule has 0 unspecified atom stereocenters. The van der Waals surface area contributed by atoms with Crippen molar-refractivity contribution >= 4 is 5.91 Å². The van der Waals surface area contributed by atoms with Gasteiger partial charge in [-0.3, -0.25) is 9.78 Å². The molecule has 1 N–H and O–H groups in total. The van der Waals surface area contributed by atoms with Crippen molar-refractivity contribution in [1.82, 2.24) is 15.2 Å². The normalized spacial score (nSPS) is 18.0. The topological polar surface area (TPSA) is 54.5 Å². The third-order valence-corrected chi connectivity index (χ3v) is 4.02. The lowest BCUT2D eigenvalue weighted by atomic mass is 10.3. The van der Waals surface area contributed by atoms with Gasteiger partial charge in [-0.15, -0.1) is 0 Å². The third kappa shape index (κ3) is 3.94. The molecule has 2 heterocycles. The molecule has 1 aromatic heterocycles. The van der Waals surface area contributed by atoms with E-state index in [1.54, 1.807) is 0 Å². The summed E-state index contributed by atoms with van der Waals surface area (Å²) in [5.74, 6) is 0.801. The Labute approximate surface area is 125 Å². The first-order valence-corrected chi connectivity index (χ1v) is 7.83. The predicted octanol–water partition coefficient (Wildman–Crippen LogP) is 1.64. The van der Waals surface area contributed by atoms with Crippen LogP contribution >= 0.6 is 0 Å². The summed E-state index contributed by atoms with van der Waals surface area (Å²) in [6, 6.07) is 4.48. The third-order valence-electron chi connectivity index (χ3n) is 4.02. The van der Waals surface area contributed by atoms with Gasteiger partial charge in [0.2, 0.25) is 0 Å². The predicted molar refractivity (Wildman–Crippen MR) is 80.1 cm³/mol. The molecule has 1 aliphatic carbocycles. The van der Waals surface area contributed by atoms with Crippen molar-refractivity contribution in [3.05, 3.63) is 23.5 Å². The molecular weight excluding hydrogens is 266 g/mol. The molecule has 2 aliphatic rings. The van der Waals surface area contributed by atoms with Crippen molar-refractivity contribution < 1.29 is 9.53 Å². The number of hydrogen-bond acceptors (Lipinski definition) is 4. The number of hydrogen-bond donors (Lipinski definition) is 1. The van der Waals surface area contributed by atoms with Gasteiger partial charge in [-0.2, -0.15) is 0 Å². The molecule has 1 saturated carbocycles. The van der Waals surface area contributed by atoms with E-state index in [9.17, 15) is 4.79 Å². The Hall–Kier alpha value is -1.62. The Kier molecular flexibility index (Phi) is 4.39. The van der Waals surface area contributed by atoms with Gasteiger partial charge >= 0.3 is 0 Å². The molecular formula is C16H23N3O2. The molecule has 3 rings (SSSR count). The van der Waals surface area contributed by atoms with Gasteiger partial charge in [0.1, 0.15) is 5.75 Å². The van der Waals surface area contributed by atoms with Crippen molar-refractivity contribution in [1.29, 1.82) is 0 Å². The molecule has 0 spiro atoms. The Balaban J connectivity index is 1.58. The van der Waals surface area contributed by atoms with Gasteiger partial charge in [0, 0.05) is 31.4 Å². The summed E-state index contributed by atoms with van der Waals surface area (Å²) in [6.45, 7) is 4.52. The van der Waals surface area contributed by atoms with Crippen LogP contribution in [-0.4, -0.2) is 41.5 Å². The molecule has 21 heavy (non-hydrogen) atoms. The summed E-state index contributed by atoms with van der Waals surface area (Å²) in [5.41, 5.74) is 1.87. The first kappa shape index (κ1) is 14.3. The van der Waals surface area contributed by atoms with Crippen LogP contribution in [-0.2, 0) is 11.3 Å². The molecule has 1 saturated heterocycles. The van der Waals surface area contributed by atoms with Crippen molar-refractivity contribution in [2.24, 2.45) is 0 Å². The van der Waals surface area contributed by atoms with E-state index in [-0.39, 0.29) is 12.5 Å². The molecule has 1 aromatic rings. The van der Waals surface area contributed by atoms with Crippen LogP contribution in [0.4, 0.5) is 0 Å². The zero-order valence-corrected chi connectivity index (χ0v) is 12.6. The fraction of sp³-hybridized carbons (Fsp3) is 0.625. The number of rotatable bonds is 6. The second-order valence-corrected chi connectivity index (χ2v) is 5.93. The van der Waals surface area contributed by atoms with Crippen LogP contribution in [0.25, 0.3) is 0 Å². The monoisotopic (exact) mass is 289 g/mol. The maximum absolute atomic E-state index is 12.0. The minimum absolute atomic E-state index is 0.0779. The SMILES string of the molecule is Cc1ccc(OCC(=O)N2CCCC2)c(CNC2CC2)n1. The number of ether oxygens (including phenoxy) is 1. The summed E-state index contributed by atoms with van der Waals surface area (Å²) in [5, 5.41) is 3.45. The molecule has 2 fully saturated rings. The Bertz CT molecular complexity index is 508.